The topological polar surface area (TPSA) is 67.4 Å². The maximum Gasteiger partial charge on any atom is 0.230 e. The minimum absolute atomic E-state index is 0.0997. The van der Waals surface area contributed by atoms with Gasteiger partial charge in [-0.05, 0) is 12.1 Å². The van der Waals surface area contributed by atoms with Gasteiger partial charge < -0.3 is 15.4 Å². The zero-order valence-corrected chi connectivity index (χ0v) is 12.6. The number of carbonyl (C=O) groups excluding carboxylic acids is 2. The first-order valence-corrected chi connectivity index (χ1v) is 6.84. The third kappa shape index (κ3) is 6.39. The number of terminal acetylenes is 1. The maximum absolute atomic E-state index is 11.4. The van der Waals surface area contributed by atoms with Gasteiger partial charge in [-0.15, -0.1) is 6.42 Å². The van der Waals surface area contributed by atoms with Crippen LogP contribution in [-0.4, -0.2) is 31.5 Å². The van der Waals surface area contributed by atoms with Crippen LogP contribution < -0.4 is 15.4 Å². The fourth-order valence-electron chi connectivity index (χ4n) is 1.37. The van der Waals surface area contributed by atoms with E-state index in [-0.39, 0.29) is 26.1 Å². The van der Waals surface area contributed by atoms with Crippen LogP contribution in [0, 0.1) is 12.3 Å². The molecule has 112 valence electrons. The summed E-state index contributed by atoms with van der Waals surface area (Å²) < 4.78 is 5.38. The molecule has 2 amide bonds. The van der Waals surface area contributed by atoms with Gasteiger partial charge >= 0.3 is 0 Å². The van der Waals surface area contributed by atoms with Crippen molar-refractivity contribution in [3.63, 3.8) is 0 Å². The van der Waals surface area contributed by atoms with Gasteiger partial charge in [0.2, 0.25) is 11.8 Å². The van der Waals surface area contributed by atoms with Gasteiger partial charge in [-0.25, -0.2) is 0 Å². The van der Waals surface area contributed by atoms with Gasteiger partial charge in [-0.1, -0.05) is 35.2 Å². The monoisotopic (exact) mass is 328 g/mol. The molecule has 0 aliphatic rings. The molecule has 1 aromatic carbocycles. The van der Waals surface area contributed by atoms with Gasteiger partial charge in [-0.2, -0.15) is 0 Å². The lowest BCUT2D eigenvalue weighted by Gasteiger charge is -2.09. The van der Waals surface area contributed by atoms with E-state index in [0.717, 1.165) is 0 Å². The second kappa shape index (κ2) is 9.11. The molecule has 0 aliphatic heterocycles. The highest BCUT2D eigenvalue weighted by Crippen LogP contribution is 2.31. The maximum atomic E-state index is 11.4. The van der Waals surface area contributed by atoms with Crippen molar-refractivity contribution < 1.29 is 14.3 Å². The number of ether oxygens (including phenoxy) is 1. The largest absolute Gasteiger partial charge is 0.490 e. The summed E-state index contributed by atoms with van der Waals surface area (Å²) >= 11 is 11.8. The molecule has 0 saturated carbocycles. The van der Waals surface area contributed by atoms with Crippen LogP contribution in [0.15, 0.2) is 18.2 Å². The van der Waals surface area contributed by atoms with Crippen molar-refractivity contribution in [1.29, 1.82) is 0 Å². The Balaban J connectivity index is 2.25. The lowest BCUT2D eigenvalue weighted by atomic mass is 10.3. The van der Waals surface area contributed by atoms with Gasteiger partial charge in [0.25, 0.3) is 0 Å². The molecule has 0 bridgehead atoms. The van der Waals surface area contributed by atoms with Gasteiger partial charge in [-0.3, -0.25) is 9.59 Å². The van der Waals surface area contributed by atoms with Crippen LogP contribution in [0.2, 0.25) is 10.0 Å². The number of carbonyl (C=O) groups is 2. The first-order valence-electron chi connectivity index (χ1n) is 6.08. The van der Waals surface area contributed by atoms with Crippen LogP contribution >= 0.6 is 23.2 Å². The van der Waals surface area contributed by atoms with Crippen molar-refractivity contribution in [1.82, 2.24) is 10.6 Å². The molecule has 0 atom stereocenters. The van der Waals surface area contributed by atoms with E-state index >= 15 is 0 Å². The summed E-state index contributed by atoms with van der Waals surface area (Å²) in [7, 11) is 0. The number of hydrogen-bond donors (Lipinski definition) is 2. The summed E-state index contributed by atoms with van der Waals surface area (Å²) in [4.78, 5) is 22.6. The van der Waals surface area contributed by atoms with Gasteiger partial charge in [0, 0.05) is 0 Å². The molecule has 1 aromatic rings. The van der Waals surface area contributed by atoms with Gasteiger partial charge in [0.1, 0.15) is 23.8 Å². The second-order valence-corrected chi connectivity index (χ2v) is 4.69. The molecule has 7 heteroatoms. The quantitative estimate of drug-likeness (QED) is 0.454. The van der Waals surface area contributed by atoms with E-state index in [1.807, 2.05) is 0 Å². The number of hydrogen-bond acceptors (Lipinski definition) is 3. The standard InChI is InChI=1S/C14H14Cl2N2O3/c1-2-6-17-12(19)9-13(20)18-7-8-21-11-5-3-4-10(15)14(11)16/h1,3-5H,6-9H2,(H,17,19)(H,18,20). The Bertz CT molecular complexity index is 556. The molecule has 0 aromatic heterocycles. The van der Waals surface area contributed by atoms with E-state index in [1.165, 1.54) is 0 Å². The van der Waals surface area contributed by atoms with Crippen molar-refractivity contribution in [3.8, 4) is 18.1 Å². The number of amides is 2. The Morgan fingerprint density at radius 2 is 1.95 bits per heavy atom. The molecule has 1 rings (SSSR count). The summed E-state index contributed by atoms with van der Waals surface area (Å²) in [5, 5.41) is 5.65. The number of rotatable bonds is 7. The molecule has 0 aliphatic carbocycles. The van der Waals surface area contributed by atoms with Crippen molar-refractivity contribution >= 4 is 35.0 Å². The average molecular weight is 329 g/mol. The van der Waals surface area contributed by atoms with Crippen LogP contribution in [0.5, 0.6) is 5.75 Å². The zero-order valence-electron chi connectivity index (χ0n) is 11.1. The Hall–Kier alpha value is -1.90. The Morgan fingerprint density at radius 3 is 2.67 bits per heavy atom. The Kier molecular flexibility index (Phi) is 7.44. The van der Waals surface area contributed by atoms with E-state index in [9.17, 15) is 9.59 Å². The number of benzene rings is 1. The van der Waals surface area contributed by atoms with Crippen LogP contribution in [0.4, 0.5) is 0 Å². The molecule has 0 heterocycles. The van der Waals surface area contributed by atoms with Crippen molar-refractivity contribution in [2.45, 2.75) is 6.42 Å². The van der Waals surface area contributed by atoms with E-state index in [1.54, 1.807) is 18.2 Å². The molecule has 2 N–H and O–H groups in total. The van der Waals surface area contributed by atoms with Gasteiger partial charge in [0.15, 0.2) is 0 Å². The minimum atomic E-state index is -0.427. The van der Waals surface area contributed by atoms with Crippen molar-refractivity contribution in [2.75, 3.05) is 19.7 Å². The molecular weight excluding hydrogens is 315 g/mol. The summed E-state index contributed by atoms with van der Waals surface area (Å²) in [6.45, 7) is 0.546. The average Bonchev–Trinajstić information content (AvgIpc) is 2.45. The Labute approximate surface area is 132 Å². The molecule has 0 spiro atoms. The number of nitrogens with one attached hydrogen (secondary N) is 2. The molecule has 21 heavy (non-hydrogen) atoms. The predicted molar refractivity (Wildman–Crippen MR) is 81.4 cm³/mol. The van der Waals surface area contributed by atoms with Crippen LogP contribution in [0.1, 0.15) is 6.42 Å². The predicted octanol–water partition coefficient (Wildman–Crippen LogP) is 1.63. The molecule has 0 radical (unpaired) electrons. The lowest BCUT2D eigenvalue weighted by Crippen LogP contribution is -2.34. The molecular formula is C14H14Cl2N2O3. The molecule has 5 nitrogen and oxygen atoms in total. The van der Waals surface area contributed by atoms with E-state index in [4.69, 9.17) is 34.4 Å². The van der Waals surface area contributed by atoms with E-state index in [0.29, 0.717) is 15.8 Å². The third-order valence-corrected chi connectivity index (χ3v) is 3.11. The summed E-state index contributed by atoms with van der Waals surface area (Å²) in [5.41, 5.74) is 0. The van der Waals surface area contributed by atoms with Crippen LogP contribution in [-0.2, 0) is 9.59 Å². The first-order chi connectivity index (χ1) is 10.0. The highest BCUT2D eigenvalue weighted by Gasteiger charge is 2.08. The summed E-state index contributed by atoms with van der Waals surface area (Å²) in [5.74, 6) is 1.84. The highest BCUT2D eigenvalue weighted by atomic mass is 35.5. The molecule has 0 saturated heterocycles. The van der Waals surface area contributed by atoms with E-state index in [2.05, 4.69) is 16.6 Å². The third-order valence-electron chi connectivity index (χ3n) is 2.31. The van der Waals surface area contributed by atoms with Crippen molar-refractivity contribution in [3.05, 3.63) is 28.2 Å². The van der Waals surface area contributed by atoms with Crippen molar-refractivity contribution in [2.24, 2.45) is 0 Å². The fraction of sp³-hybridized carbons (Fsp3) is 0.286. The van der Waals surface area contributed by atoms with E-state index < -0.39 is 11.8 Å². The van der Waals surface area contributed by atoms with Crippen LogP contribution in [0.25, 0.3) is 0 Å². The zero-order chi connectivity index (χ0) is 15.7. The second-order valence-electron chi connectivity index (χ2n) is 3.91. The van der Waals surface area contributed by atoms with Gasteiger partial charge in [0.05, 0.1) is 18.1 Å². The molecule has 0 unspecified atom stereocenters. The van der Waals surface area contributed by atoms with Crippen LogP contribution in [0.3, 0.4) is 0 Å². The Morgan fingerprint density at radius 1 is 1.24 bits per heavy atom. The summed E-state index contributed by atoms with van der Waals surface area (Å²) in [6, 6.07) is 5.02. The fourth-order valence-corrected chi connectivity index (χ4v) is 1.71. The highest BCUT2D eigenvalue weighted by molar-refractivity contribution is 6.42. The molecule has 0 fully saturated rings. The SMILES string of the molecule is C#CCNC(=O)CC(=O)NCCOc1cccc(Cl)c1Cl. The lowest BCUT2D eigenvalue weighted by molar-refractivity contribution is -0.129. The first kappa shape index (κ1) is 17.2. The number of halogens is 2. The smallest absolute Gasteiger partial charge is 0.230 e. The minimum Gasteiger partial charge on any atom is -0.490 e. The summed E-state index contributed by atoms with van der Waals surface area (Å²) in [6.07, 6.45) is 4.70. The normalized spacial score (nSPS) is 9.57.